The highest BCUT2D eigenvalue weighted by Crippen LogP contribution is 2.27. The molecule has 0 aliphatic carbocycles. The number of non-ortho nitro benzene ring substituents is 1. The van der Waals surface area contributed by atoms with E-state index in [2.05, 4.69) is 19.2 Å². The second-order valence-corrected chi connectivity index (χ2v) is 5.75. The van der Waals surface area contributed by atoms with Gasteiger partial charge in [-0.1, -0.05) is 38.1 Å². The lowest BCUT2D eigenvalue weighted by Gasteiger charge is -2.18. The molecule has 0 aromatic heterocycles. The predicted octanol–water partition coefficient (Wildman–Crippen LogP) is 4.12. The summed E-state index contributed by atoms with van der Waals surface area (Å²) in [4.78, 5) is 22.6. The molecule has 1 amide bonds. The molecule has 0 saturated heterocycles. The summed E-state index contributed by atoms with van der Waals surface area (Å²) in [6.07, 6.45) is -0.732. The summed E-state index contributed by atoms with van der Waals surface area (Å²) in [7, 11) is 0. The Morgan fingerprint density at radius 3 is 2.50 bits per heavy atom. The van der Waals surface area contributed by atoms with Gasteiger partial charge < -0.3 is 10.1 Å². The minimum Gasteiger partial charge on any atom is -0.481 e. The summed E-state index contributed by atoms with van der Waals surface area (Å²) in [5.74, 6) is 0.566. The van der Waals surface area contributed by atoms with E-state index < -0.39 is 11.0 Å². The molecule has 1 unspecified atom stereocenters. The lowest BCUT2D eigenvalue weighted by molar-refractivity contribution is -0.384. The van der Waals surface area contributed by atoms with Crippen LogP contribution in [0.5, 0.6) is 5.75 Å². The van der Waals surface area contributed by atoms with Gasteiger partial charge in [-0.25, -0.2) is 0 Å². The van der Waals surface area contributed by atoms with E-state index in [9.17, 15) is 14.9 Å². The number of hydrogen-bond donors (Lipinski definition) is 1. The predicted molar refractivity (Wildman–Crippen MR) is 92.3 cm³/mol. The van der Waals surface area contributed by atoms with Gasteiger partial charge in [0.15, 0.2) is 6.10 Å². The second kappa shape index (κ2) is 7.59. The van der Waals surface area contributed by atoms with E-state index in [4.69, 9.17) is 4.74 Å². The number of nitrogens with one attached hydrogen (secondary N) is 1. The van der Waals surface area contributed by atoms with Crippen LogP contribution in [0.2, 0.25) is 0 Å². The average molecular weight is 328 g/mol. The number of nitro benzene ring substituents is 1. The Morgan fingerprint density at radius 2 is 1.83 bits per heavy atom. The highest BCUT2D eigenvalue weighted by Gasteiger charge is 2.18. The lowest BCUT2D eigenvalue weighted by Crippen LogP contribution is -2.30. The van der Waals surface area contributed by atoms with Crippen molar-refractivity contribution in [2.45, 2.75) is 32.8 Å². The highest BCUT2D eigenvalue weighted by molar-refractivity contribution is 5.94. The maximum Gasteiger partial charge on any atom is 0.271 e. The molecule has 0 radical (unpaired) electrons. The van der Waals surface area contributed by atoms with Crippen molar-refractivity contribution in [3.05, 3.63) is 64.2 Å². The molecule has 6 nitrogen and oxygen atoms in total. The summed E-state index contributed by atoms with van der Waals surface area (Å²) < 4.78 is 5.77. The minimum absolute atomic E-state index is 0.0773. The molecule has 0 fully saturated rings. The number of ether oxygens (including phenoxy) is 1. The standard InChI is InChI=1S/C18H20N2O4/c1-12(2)16-9-4-5-10-17(16)24-13(3)18(21)19-14-7-6-8-15(11-14)20(22)23/h4-13H,1-3H3,(H,19,21). The Balaban J connectivity index is 2.08. The first-order chi connectivity index (χ1) is 11.4. The third-order valence-corrected chi connectivity index (χ3v) is 3.54. The van der Waals surface area contributed by atoms with Crippen LogP contribution in [0.25, 0.3) is 0 Å². The molecule has 24 heavy (non-hydrogen) atoms. The molecule has 0 saturated carbocycles. The fraction of sp³-hybridized carbons (Fsp3) is 0.278. The number of nitrogens with zero attached hydrogens (tertiary/aromatic N) is 1. The van der Waals surface area contributed by atoms with Crippen LogP contribution in [0.4, 0.5) is 11.4 Å². The lowest BCUT2D eigenvalue weighted by atomic mass is 10.0. The van der Waals surface area contributed by atoms with Gasteiger partial charge in [-0.3, -0.25) is 14.9 Å². The maximum atomic E-state index is 12.3. The summed E-state index contributed by atoms with van der Waals surface area (Å²) in [5, 5.41) is 13.4. The Kier molecular flexibility index (Phi) is 5.52. The zero-order valence-corrected chi connectivity index (χ0v) is 13.9. The average Bonchev–Trinajstić information content (AvgIpc) is 2.55. The van der Waals surface area contributed by atoms with Gasteiger partial charge in [0.1, 0.15) is 5.75 Å². The number of benzene rings is 2. The number of amides is 1. The maximum absolute atomic E-state index is 12.3. The number of rotatable bonds is 6. The van der Waals surface area contributed by atoms with Gasteiger partial charge in [0, 0.05) is 17.8 Å². The largest absolute Gasteiger partial charge is 0.481 e. The van der Waals surface area contributed by atoms with Crippen LogP contribution in [0.3, 0.4) is 0 Å². The Hall–Kier alpha value is -2.89. The summed E-state index contributed by atoms with van der Waals surface area (Å²) in [5.41, 5.74) is 1.31. The van der Waals surface area contributed by atoms with Crippen LogP contribution in [-0.2, 0) is 4.79 Å². The third kappa shape index (κ3) is 4.32. The van der Waals surface area contributed by atoms with E-state index >= 15 is 0 Å². The zero-order chi connectivity index (χ0) is 17.7. The van der Waals surface area contributed by atoms with Gasteiger partial charge in [-0.15, -0.1) is 0 Å². The molecule has 0 aliphatic heterocycles. The van der Waals surface area contributed by atoms with Crippen LogP contribution < -0.4 is 10.1 Å². The molecular weight excluding hydrogens is 308 g/mol. The van der Waals surface area contributed by atoms with Crippen molar-refractivity contribution in [2.24, 2.45) is 0 Å². The van der Waals surface area contributed by atoms with Crippen molar-refractivity contribution < 1.29 is 14.5 Å². The first-order valence-electron chi connectivity index (χ1n) is 7.69. The molecule has 1 N–H and O–H groups in total. The molecule has 0 spiro atoms. The number of nitro groups is 1. The first kappa shape index (κ1) is 17.5. The van der Waals surface area contributed by atoms with Crippen molar-refractivity contribution >= 4 is 17.3 Å². The molecule has 1 atom stereocenters. The summed E-state index contributed by atoms with van der Waals surface area (Å²) in [6, 6.07) is 13.4. The smallest absolute Gasteiger partial charge is 0.271 e. The van der Waals surface area contributed by atoms with E-state index in [0.29, 0.717) is 11.4 Å². The van der Waals surface area contributed by atoms with Crippen molar-refractivity contribution in [1.29, 1.82) is 0 Å². The zero-order valence-electron chi connectivity index (χ0n) is 13.9. The molecule has 2 aromatic rings. The van der Waals surface area contributed by atoms with Crippen LogP contribution in [0, 0.1) is 10.1 Å². The minimum atomic E-state index is -0.732. The number of carbonyl (C=O) groups is 1. The SMILES string of the molecule is CC(Oc1ccccc1C(C)C)C(=O)Nc1cccc([N+](=O)[O-])c1. The second-order valence-electron chi connectivity index (χ2n) is 5.75. The number of anilines is 1. The number of hydrogen-bond acceptors (Lipinski definition) is 4. The molecule has 0 bridgehead atoms. The van der Waals surface area contributed by atoms with E-state index in [1.807, 2.05) is 24.3 Å². The van der Waals surface area contributed by atoms with E-state index in [1.54, 1.807) is 13.0 Å². The van der Waals surface area contributed by atoms with Crippen LogP contribution >= 0.6 is 0 Å². The van der Waals surface area contributed by atoms with Crippen molar-refractivity contribution in [2.75, 3.05) is 5.32 Å². The van der Waals surface area contributed by atoms with Gasteiger partial charge in [-0.05, 0) is 30.5 Å². The Bertz CT molecular complexity index is 743. The highest BCUT2D eigenvalue weighted by atomic mass is 16.6. The first-order valence-corrected chi connectivity index (χ1v) is 7.69. The molecule has 6 heteroatoms. The van der Waals surface area contributed by atoms with Crippen molar-refractivity contribution in [3.8, 4) is 5.75 Å². The van der Waals surface area contributed by atoms with Gasteiger partial charge >= 0.3 is 0 Å². The monoisotopic (exact) mass is 328 g/mol. The molecule has 2 aromatic carbocycles. The quantitative estimate of drug-likeness (QED) is 0.638. The van der Waals surface area contributed by atoms with E-state index in [1.165, 1.54) is 18.2 Å². The van der Waals surface area contributed by atoms with Crippen molar-refractivity contribution in [3.63, 3.8) is 0 Å². The van der Waals surface area contributed by atoms with Gasteiger partial charge in [0.05, 0.1) is 4.92 Å². The van der Waals surface area contributed by atoms with Gasteiger partial charge in [-0.2, -0.15) is 0 Å². The number of carbonyl (C=O) groups excluding carboxylic acids is 1. The summed E-state index contributed by atoms with van der Waals surface area (Å²) >= 11 is 0. The van der Waals surface area contributed by atoms with Gasteiger partial charge in [0.25, 0.3) is 11.6 Å². The van der Waals surface area contributed by atoms with E-state index in [-0.39, 0.29) is 17.5 Å². The summed E-state index contributed by atoms with van der Waals surface area (Å²) in [6.45, 7) is 5.75. The fourth-order valence-corrected chi connectivity index (χ4v) is 2.25. The van der Waals surface area contributed by atoms with E-state index in [0.717, 1.165) is 5.56 Å². The van der Waals surface area contributed by atoms with Gasteiger partial charge in [0.2, 0.25) is 0 Å². The third-order valence-electron chi connectivity index (χ3n) is 3.54. The molecule has 0 heterocycles. The Morgan fingerprint density at radius 1 is 1.12 bits per heavy atom. The van der Waals surface area contributed by atoms with Crippen LogP contribution in [0.15, 0.2) is 48.5 Å². The fourth-order valence-electron chi connectivity index (χ4n) is 2.25. The Labute approximate surface area is 140 Å². The number of para-hydroxylation sites is 1. The molecular formula is C18H20N2O4. The molecule has 0 aliphatic rings. The van der Waals surface area contributed by atoms with Crippen LogP contribution in [0.1, 0.15) is 32.3 Å². The molecule has 126 valence electrons. The van der Waals surface area contributed by atoms with Crippen LogP contribution in [-0.4, -0.2) is 16.9 Å². The molecule has 2 rings (SSSR count). The van der Waals surface area contributed by atoms with Crippen molar-refractivity contribution in [1.82, 2.24) is 0 Å². The normalized spacial score (nSPS) is 11.8. The topological polar surface area (TPSA) is 81.5 Å².